The number of aromatic nitrogens is 2. The molecule has 1 unspecified atom stereocenters. The minimum atomic E-state index is -5.84. The molecule has 15 nitrogen and oxygen atoms in total. The monoisotopic (exact) mass is 634 g/mol. The van der Waals surface area contributed by atoms with Gasteiger partial charge >= 0.3 is 27.7 Å². The van der Waals surface area contributed by atoms with Crippen molar-refractivity contribution in [2.45, 2.75) is 31.3 Å². The molecule has 19 heteroatoms. The number of amides is 3. The Kier molecular flexibility index (Phi) is 12.2. The fourth-order valence-electron chi connectivity index (χ4n) is 3.60. The number of hydrogen-bond acceptors (Lipinski definition) is 10. The first kappa shape index (κ1) is 34.7. The van der Waals surface area contributed by atoms with Gasteiger partial charge in [-0.15, -0.1) is 0 Å². The highest BCUT2D eigenvalue weighted by atomic mass is 32.2. The van der Waals surface area contributed by atoms with E-state index in [0.717, 1.165) is 0 Å². The van der Waals surface area contributed by atoms with E-state index in [1.807, 2.05) is 6.07 Å². The fraction of sp³-hybridized carbons (Fsp3) is 0.417. The molecule has 236 valence electrons. The van der Waals surface area contributed by atoms with E-state index in [4.69, 9.17) is 28.5 Å². The second-order valence-electron chi connectivity index (χ2n) is 8.76. The highest BCUT2D eigenvalue weighted by Gasteiger charge is 2.44. The van der Waals surface area contributed by atoms with Crippen LogP contribution in [0.4, 0.5) is 23.8 Å². The largest absolute Gasteiger partial charge is 0.522 e. The molecule has 2 heterocycles. The molecule has 0 bridgehead atoms. The second-order valence-corrected chi connectivity index (χ2v) is 10.2. The number of benzene rings is 1. The maximum atomic E-state index is 13.2. The van der Waals surface area contributed by atoms with Crippen LogP contribution in [0.1, 0.15) is 30.3 Å². The van der Waals surface area contributed by atoms with Gasteiger partial charge in [0, 0.05) is 44.2 Å². The Balaban J connectivity index is 0.000000708. The Bertz CT molecular complexity index is 1400. The van der Waals surface area contributed by atoms with Crippen molar-refractivity contribution in [2.24, 2.45) is 0 Å². The van der Waals surface area contributed by atoms with Crippen molar-refractivity contribution in [1.29, 1.82) is 0 Å². The Hall–Kier alpha value is -4.52. The lowest BCUT2D eigenvalue weighted by molar-refractivity contribution is -0.138. The standard InChI is InChI=1S/C23H28N6O6.CHF3O3S/c1-2-35-23(34)29-12-10-28(11-13-29)22(33)16(8-9-19(30)31)26-21(32)17-14-18(24)27-20(25-17)15-6-4-3-5-7-15;2-1(3,4)8(5,6)7/h3-7,14,16H,2,8-13H2,1H3,(H,26,32)(H,30,31)(H2,24,25,27);(H,5,6,7). The van der Waals surface area contributed by atoms with Crippen LogP contribution in [-0.2, 0) is 24.4 Å². The summed E-state index contributed by atoms with van der Waals surface area (Å²) in [4.78, 5) is 60.6. The number of nitrogens with two attached hydrogens (primary N) is 1. The smallest absolute Gasteiger partial charge is 0.481 e. The third kappa shape index (κ3) is 10.7. The molecule has 1 atom stereocenters. The van der Waals surface area contributed by atoms with E-state index in [-0.39, 0.29) is 63.0 Å². The SMILES string of the molecule is CCOC(=O)N1CCN(C(=O)C(CCC(=O)O)NC(=O)c2cc(N)nc(-c3ccccc3)n2)CC1.O=S(=O)(O)C(F)(F)F. The number of anilines is 1. The molecule has 2 aromatic rings. The zero-order chi connectivity index (χ0) is 32.4. The van der Waals surface area contributed by atoms with E-state index >= 15 is 0 Å². The van der Waals surface area contributed by atoms with Gasteiger partial charge in [0.2, 0.25) is 5.91 Å². The molecule has 1 aromatic heterocycles. The predicted molar refractivity (Wildman–Crippen MR) is 143 cm³/mol. The zero-order valence-electron chi connectivity index (χ0n) is 22.7. The van der Waals surface area contributed by atoms with Gasteiger partial charge in [0.1, 0.15) is 17.6 Å². The fourth-order valence-corrected chi connectivity index (χ4v) is 3.60. The normalized spacial score (nSPS) is 14.2. The summed E-state index contributed by atoms with van der Waals surface area (Å²) in [5.41, 5.74) is 0.953. The first-order valence-corrected chi connectivity index (χ1v) is 13.9. The van der Waals surface area contributed by atoms with E-state index < -0.39 is 45.5 Å². The maximum Gasteiger partial charge on any atom is 0.522 e. The van der Waals surface area contributed by atoms with Crippen LogP contribution in [0, 0.1) is 0 Å². The number of nitrogens with one attached hydrogen (secondary N) is 1. The lowest BCUT2D eigenvalue weighted by atomic mass is 10.1. The van der Waals surface area contributed by atoms with E-state index in [1.54, 1.807) is 31.2 Å². The predicted octanol–water partition coefficient (Wildman–Crippen LogP) is 1.38. The van der Waals surface area contributed by atoms with Gasteiger partial charge in [0.15, 0.2) is 5.82 Å². The number of carboxylic acids is 1. The third-order valence-corrected chi connectivity index (χ3v) is 6.26. The number of piperazine rings is 1. The summed E-state index contributed by atoms with van der Waals surface area (Å²) in [5, 5.41) is 11.7. The molecule has 3 rings (SSSR count). The number of aliphatic carboxylic acids is 1. The van der Waals surface area contributed by atoms with Crippen molar-refractivity contribution in [2.75, 3.05) is 38.5 Å². The summed E-state index contributed by atoms with van der Waals surface area (Å²) in [7, 11) is -5.84. The van der Waals surface area contributed by atoms with Gasteiger partial charge in [-0.05, 0) is 13.3 Å². The van der Waals surface area contributed by atoms with Crippen molar-refractivity contribution in [3.8, 4) is 11.4 Å². The number of ether oxygens (including phenoxy) is 1. The number of halogens is 3. The topological polar surface area (TPSA) is 222 Å². The second kappa shape index (κ2) is 15.1. The number of carboxylic acid groups (broad SMARTS) is 1. The van der Waals surface area contributed by atoms with Crippen LogP contribution < -0.4 is 11.1 Å². The number of carbonyl (C=O) groups is 4. The molecule has 3 amide bonds. The molecule has 1 saturated heterocycles. The molecule has 1 aliphatic heterocycles. The van der Waals surface area contributed by atoms with Crippen LogP contribution in [-0.4, -0.2) is 106 Å². The first-order valence-electron chi connectivity index (χ1n) is 12.5. The van der Waals surface area contributed by atoms with Gasteiger partial charge in [0.25, 0.3) is 5.91 Å². The summed E-state index contributed by atoms with van der Waals surface area (Å²) < 4.78 is 62.5. The summed E-state index contributed by atoms with van der Waals surface area (Å²) >= 11 is 0. The number of carbonyl (C=O) groups excluding carboxylic acids is 3. The highest BCUT2D eigenvalue weighted by Crippen LogP contribution is 2.20. The van der Waals surface area contributed by atoms with Crippen molar-refractivity contribution < 1.29 is 55.2 Å². The summed E-state index contributed by atoms with van der Waals surface area (Å²) in [6.45, 7) is 2.97. The Morgan fingerprint density at radius 2 is 1.63 bits per heavy atom. The summed E-state index contributed by atoms with van der Waals surface area (Å²) in [6.07, 6.45) is -0.879. The lowest BCUT2D eigenvalue weighted by Crippen LogP contribution is -2.56. The minimum absolute atomic E-state index is 0.0448. The van der Waals surface area contributed by atoms with Gasteiger partial charge in [-0.25, -0.2) is 14.8 Å². The van der Waals surface area contributed by atoms with Gasteiger partial charge in [0.05, 0.1) is 6.61 Å². The summed E-state index contributed by atoms with van der Waals surface area (Å²) in [6, 6.07) is 9.15. The van der Waals surface area contributed by atoms with Crippen molar-refractivity contribution in [3.05, 3.63) is 42.1 Å². The van der Waals surface area contributed by atoms with Crippen LogP contribution >= 0.6 is 0 Å². The Morgan fingerprint density at radius 1 is 1.07 bits per heavy atom. The van der Waals surface area contributed by atoms with Crippen LogP contribution in [0.25, 0.3) is 11.4 Å². The van der Waals surface area contributed by atoms with Gasteiger partial charge in [-0.2, -0.15) is 21.6 Å². The molecule has 43 heavy (non-hydrogen) atoms. The van der Waals surface area contributed by atoms with Gasteiger partial charge in [-0.3, -0.25) is 18.9 Å². The molecule has 1 fully saturated rings. The molecule has 0 radical (unpaired) electrons. The molecule has 1 aliphatic rings. The average Bonchev–Trinajstić information content (AvgIpc) is 2.94. The number of nitrogen functional groups attached to an aromatic ring is 1. The van der Waals surface area contributed by atoms with Crippen molar-refractivity contribution >= 4 is 39.8 Å². The first-order chi connectivity index (χ1) is 20.0. The quantitative estimate of drug-likeness (QED) is 0.239. The van der Waals surface area contributed by atoms with Crippen LogP contribution in [0.3, 0.4) is 0 Å². The third-order valence-electron chi connectivity index (χ3n) is 5.67. The molecule has 0 spiro atoms. The van der Waals surface area contributed by atoms with Crippen LogP contribution in [0.15, 0.2) is 36.4 Å². The number of nitrogens with zero attached hydrogens (tertiary/aromatic N) is 4. The lowest BCUT2D eigenvalue weighted by Gasteiger charge is -2.35. The van der Waals surface area contributed by atoms with Crippen molar-refractivity contribution in [3.63, 3.8) is 0 Å². The molecule has 0 aliphatic carbocycles. The Labute approximate surface area is 243 Å². The van der Waals surface area contributed by atoms with E-state index in [9.17, 15) is 32.3 Å². The average molecular weight is 635 g/mol. The molecule has 0 saturated carbocycles. The molecular weight excluding hydrogens is 605 g/mol. The van der Waals surface area contributed by atoms with E-state index in [2.05, 4.69) is 15.3 Å². The molecular formula is C24H29F3N6O9S. The van der Waals surface area contributed by atoms with E-state index in [1.165, 1.54) is 15.9 Å². The molecule has 1 aromatic carbocycles. The highest BCUT2D eigenvalue weighted by molar-refractivity contribution is 7.86. The molecule has 5 N–H and O–H groups in total. The van der Waals surface area contributed by atoms with Crippen molar-refractivity contribution in [1.82, 2.24) is 25.1 Å². The van der Waals surface area contributed by atoms with Gasteiger partial charge < -0.3 is 30.7 Å². The zero-order valence-corrected chi connectivity index (χ0v) is 23.5. The van der Waals surface area contributed by atoms with Crippen LogP contribution in [0.5, 0.6) is 0 Å². The number of rotatable bonds is 8. The summed E-state index contributed by atoms with van der Waals surface area (Å²) in [5.74, 6) is -1.88. The maximum absolute atomic E-state index is 13.2. The Morgan fingerprint density at radius 3 is 2.14 bits per heavy atom. The minimum Gasteiger partial charge on any atom is -0.481 e. The van der Waals surface area contributed by atoms with Crippen LogP contribution in [0.2, 0.25) is 0 Å². The number of hydrogen-bond donors (Lipinski definition) is 4. The number of alkyl halides is 3. The van der Waals surface area contributed by atoms with E-state index in [0.29, 0.717) is 5.56 Å². The van der Waals surface area contributed by atoms with Gasteiger partial charge in [-0.1, -0.05) is 30.3 Å².